The van der Waals surface area contributed by atoms with Crippen LogP contribution >= 0.6 is 0 Å². The highest BCUT2D eigenvalue weighted by molar-refractivity contribution is 7.93. The Balaban J connectivity index is 1.83. The van der Waals surface area contributed by atoms with Crippen molar-refractivity contribution in [2.75, 3.05) is 11.5 Å². The molecule has 2 N–H and O–H groups in total. The minimum atomic E-state index is -4.76. The number of nitrogens with one attached hydrogen (secondary N) is 1. The van der Waals surface area contributed by atoms with E-state index in [0.717, 1.165) is 16.7 Å². The average Bonchev–Trinajstić information content (AvgIpc) is 3.06. The van der Waals surface area contributed by atoms with E-state index < -0.39 is 56.9 Å². The van der Waals surface area contributed by atoms with Crippen molar-refractivity contribution in [2.45, 2.75) is 57.4 Å². The lowest BCUT2D eigenvalue weighted by Gasteiger charge is -2.38. The number of ether oxygens (including phenoxy) is 1. The monoisotopic (exact) mass is 573 g/mol. The zero-order valence-corrected chi connectivity index (χ0v) is 22.2. The molecule has 0 bridgehead atoms. The number of carbonyl (C=O) groups is 1. The van der Waals surface area contributed by atoms with Gasteiger partial charge in [0, 0.05) is 11.6 Å². The van der Waals surface area contributed by atoms with Crippen LogP contribution in [-0.2, 0) is 9.84 Å². The lowest BCUT2D eigenvalue weighted by molar-refractivity contribution is -0.253. The summed E-state index contributed by atoms with van der Waals surface area (Å²) in [5, 5.41) is 13.4. The van der Waals surface area contributed by atoms with Crippen molar-refractivity contribution >= 4 is 26.8 Å². The van der Waals surface area contributed by atoms with Crippen LogP contribution in [0.15, 0.2) is 47.3 Å². The molecule has 0 radical (unpaired) electrons. The number of fused-ring (bicyclic) bond motifs is 1. The molecule has 1 aliphatic heterocycles. The summed E-state index contributed by atoms with van der Waals surface area (Å²) < 4.78 is 82.1. The molecule has 0 spiro atoms. The number of amides is 1. The fourth-order valence-electron chi connectivity index (χ4n) is 4.53. The van der Waals surface area contributed by atoms with Gasteiger partial charge in [-0.1, -0.05) is 6.07 Å². The van der Waals surface area contributed by atoms with E-state index in [1.807, 2.05) is 0 Å². The molecule has 14 heteroatoms. The second kappa shape index (κ2) is 9.37. The predicted molar refractivity (Wildman–Crippen MR) is 135 cm³/mol. The smallest absolute Gasteiger partial charge is 0.428 e. The van der Waals surface area contributed by atoms with Crippen molar-refractivity contribution < 1.29 is 40.6 Å². The SMILES string of the molecule is C[C@H](n1c(=O)n(-c2cccc(OC(F)(F)C(F)F)c2)c2ccc(C(=O)NC3(C)CS(=O)(=O)C3)cc21)C(C)(C)O. The summed E-state index contributed by atoms with van der Waals surface area (Å²) in [5.41, 5.74) is -2.52. The first-order chi connectivity index (χ1) is 17.8. The first-order valence-corrected chi connectivity index (χ1v) is 13.6. The number of aromatic nitrogens is 2. The number of nitrogens with zero attached hydrogens (tertiary/aromatic N) is 2. The van der Waals surface area contributed by atoms with E-state index in [1.165, 1.54) is 48.7 Å². The highest BCUT2D eigenvalue weighted by Crippen LogP contribution is 2.31. The Morgan fingerprint density at radius 3 is 2.33 bits per heavy atom. The van der Waals surface area contributed by atoms with Gasteiger partial charge in [0.1, 0.15) is 5.75 Å². The van der Waals surface area contributed by atoms with Gasteiger partial charge in [-0.3, -0.25) is 13.9 Å². The molecule has 1 saturated heterocycles. The molecule has 1 fully saturated rings. The molecule has 1 aliphatic rings. The first-order valence-electron chi connectivity index (χ1n) is 11.8. The normalized spacial score (nSPS) is 17.6. The van der Waals surface area contributed by atoms with Gasteiger partial charge < -0.3 is 15.2 Å². The van der Waals surface area contributed by atoms with Crippen molar-refractivity contribution in [3.8, 4) is 11.4 Å². The molecule has 0 saturated carbocycles. The van der Waals surface area contributed by atoms with Gasteiger partial charge in [0.05, 0.1) is 45.4 Å². The van der Waals surface area contributed by atoms with Gasteiger partial charge in [-0.05, 0) is 58.0 Å². The zero-order valence-electron chi connectivity index (χ0n) is 21.4. The average molecular weight is 574 g/mol. The molecule has 0 aliphatic carbocycles. The van der Waals surface area contributed by atoms with Crippen LogP contribution in [0, 0.1) is 0 Å². The van der Waals surface area contributed by atoms with Gasteiger partial charge in [-0.25, -0.2) is 13.2 Å². The van der Waals surface area contributed by atoms with E-state index in [-0.39, 0.29) is 33.8 Å². The lowest BCUT2D eigenvalue weighted by atomic mass is 10.0. The zero-order chi connectivity index (χ0) is 29.1. The van der Waals surface area contributed by atoms with Crippen molar-refractivity contribution in [1.82, 2.24) is 14.5 Å². The Hall–Kier alpha value is -3.39. The van der Waals surface area contributed by atoms with Crippen molar-refractivity contribution in [2.24, 2.45) is 0 Å². The van der Waals surface area contributed by atoms with Crippen LogP contribution in [0.25, 0.3) is 16.7 Å². The summed E-state index contributed by atoms with van der Waals surface area (Å²) in [6.07, 6.45) is -8.84. The summed E-state index contributed by atoms with van der Waals surface area (Å²) in [5.74, 6) is -1.62. The summed E-state index contributed by atoms with van der Waals surface area (Å²) in [6, 6.07) is 8.04. The second-order valence-electron chi connectivity index (χ2n) is 10.5. The highest BCUT2D eigenvalue weighted by atomic mass is 32.2. The van der Waals surface area contributed by atoms with Gasteiger partial charge in [-0.2, -0.15) is 17.6 Å². The van der Waals surface area contributed by atoms with Crippen LogP contribution in [0.5, 0.6) is 5.75 Å². The van der Waals surface area contributed by atoms with Crippen LogP contribution in [-0.4, -0.2) is 63.7 Å². The Morgan fingerprint density at radius 1 is 1.13 bits per heavy atom. The number of hydrogen-bond acceptors (Lipinski definition) is 6. The van der Waals surface area contributed by atoms with Crippen molar-refractivity contribution in [1.29, 1.82) is 0 Å². The highest BCUT2D eigenvalue weighted by Gasteiger charge is 2.46. The van der Waals surface area contributed by atoms with Crippen molar-refractivity contribution in [3.05, 3.63) is 58.5 Å². The molecule has 3 aromatic rings. The number of aliphatic hydroxyl groups is 1. The van der Waals surface area contributed by atoms with E-state index in [0.29, 0.717) is 0 Å². The van der Waals surface area contributed by atoms with E-state index in [9.17, 15) is 40.7 Å². The quantitative estimate of drug-likeness (QED) is 0.400. The summed E-state index contributed by atoms with van der Waals surface area (Å²) >= 11 is 0. The molecule has 39 heavy (non-hydrogen) atoms. The molecule has 212 valence electrons. The number of hydrogen-bond donors (Lipinski definition) is 2. The summed E-state index contributed by atoms with van der Waals surface area (Å²) in [7, 11) is -3.23. The van der Waals surface area contributed by atoms with Crippen LogP contribution in [0.1, 0.15) is 44.1 Å². The predicted octanol–water partition coefficient (Wildman–Crippen LogP) is 3.28. The number of sulfone groups is 1. The number of carbonyl (C=O) groups excluding carboxylic acids is 1. The van der Waals surface area contributed by atoms with Crippen LogP contribution in [0.2, 0.25) is 0 Å². The van der Waals surface area contributed by atoms with Gasteiger partial charge >= 0.3 is 18.2 Å². The third-order valence-electron chi connectivity index (χ3n) is 6.62. The third kappa shape index (κ3) is 5.53. The standard InChI is InChI=1S/C25H27F4N3O6S/c1-14(23(2,3)35)31-19-10-15(20(33)30-24(4)12-39(36,37)13-24)8-9-18(19)32(22(31)34)16-6-5-7-17(11-16)38-25(28,29)21(26)27/h5-11,14,21,35H,12-13H2,1-4H3,(H,30,33)/t14-/m0/s1. The largest absolute Gasteiger partial charge is 0.461 e. The van der Waals surface area contributed by atoms with E-state index in [2.05, 4.69) is 10.1 Å². The maximum Gasteiger partial charge on any atom is 0.461 e. The maximum atomic E-state index is 13.7. The molecule has 9 nitrogen and oxygen atoms in total. The topological polar surface area (TPSA) is 120 Å². The van der Waals surface area contributed by atoms with Gasteiger partial charge in [0.2, 0.25) is 0 Å². The lowest BCUT2D eigenvalue weighted by Crippen LogP contribution is -2.63. The Morgan fingerprint density at radius 2 is 1.77 bits per heavy atom. The minimum Gasteiger partial charge on any atom is -0.428 e. The number of alkyl halides is 4. The molecule has 1 amide bonds. The Kier molecular flexibility index (Phi) is 6.87. The van der Waals surface area contributed by atoms with Crippen LogP contribution in [0.3, 0.4) is 0 Å². The Labute approximate surface area is 220 Å². The van der Waals surface area contributed by atoms with Gasteiger partial charge in [-0.15, -0.1) is 0 Å². The van der Waals surface area contributed by atoms with Crippen LogP contribution < -0.4 is 15.7 Å². The maximum absolute atomic E-state index is 13.7. The third-order valence-corrected chi connectivity index (χ3v) is 8.78. The molecule has 1 aromatic heterocycles. The first kappa shape index (κ1) is 28.6. The van der Waals surface area contributed by atoms with Gasteiger partial charge in [0.25, 0.3) is 5.91 Å². The number of rotatable bonds is 8. The van der Waals surface area contributed by atoms with E-state index >= 15 is 0 Å². The molecule has 1 atom stereocenters. The molecule has 2 heterocycles. The molecule has 0 unspecified atom stereocenters. The van der Waals surface area contributed by atoms with E-state index in [4.69, 9.17) is 0 Å². The fourth-order valence-corrected chi connectivity index (χ4v) is 6.54. The van der Waals surface area contributed by atoms with Crippen molar-refractivity contribution in [3.63, 3.8) is 0 Å². The Bertz CT molecular complexity index is 1600. The molecule has 2 aromatic carbocycles. The second-order valence-corrected chi connectivity index (χ2v) is 12.6. The number of imidazole rings is 1. The fraction of sp³-hybridized carbons (Fsp3) is 0.440. The summed E-state index contributed by atoms with van der Waals surface area (Å²) in [4.78, 5) is 26.6. The van der Waals surface area contributed by atoms with E-state index in [1.54, 1.807) is 13.8 Å². The van der Waals surface area contributed by atoms with Gasteiger partial charge in [0.15, 0.2) is 9.84 Å². The molecule has 4 rings (SSSR count). The molecular weight excluding hydrogens is 546 g/mol. The molecular formula is C25H27F4N3O6S. The van der Waals surface area contributed by atoms with Crippen LogP contribution in [0.4, 0.5) is 17.6 Å². The number of benzene rings is 2. The summed E-state index contributed by atoms with van der Waals surface area (Å²) in [6.45, 7) is 6.12. The minimum absolute atomic E-state index is 0.0126. The number of halogens is 4.